The number of nitrogens with zero attached hydrogens (tertiary/aromatic N) is 1. The second-order valence-electron chi connectivity index (χ2n) is 4.16. The fourth-order valence-electron chi connectivity index (χ4n) is 1.88. The van der Waals surface area contributed by atoms with Gasteiger partial charge < -0.3 is 0 Å². The Morgan fingerprint density at radius 3 is 2.71 bits per heavy atom. The van der Waals surface area contributed by atoms with E-state index < -0.39 is 0 Å². The third-order valence-electron chi connectivity index (χ3n) is 2.97. The van der Waals surface area contributed by atoms with Gasteiger partial charge in [0.2, 0.25) is 0 Å². The molecular weight excluding hydrogens is 219 g/mol. The van der Waals surface area contributed by atoms with Gasteiger partial charge in [-0.15, -0.1) is 0 Å². The highest BCUT2D eigenvalue weighted by molar-refractivity contribution is 5.93. The quantitative estimate of drug-likeness (QED) is 0.795. The van der Waals surface area contributed by atoms with Crippen LogP contribution in [0.5, 0.6) is 0 Å². The molecule has 0 aliphatic carbocycles. The van der Waals surface area contributed by atoms with Crippen LogP contribution >= 0.6 is 0 Å². The zero-order valence-electron chi connectivity index (χ0n) is 9.74. The number of benzene rings is 1. The Labute approximate surface area is 99.9 Å². The van der Waals surface area contributed by atoms with Gasteiger partial charge in [-0.1, -0.05) is 18.7 Å². The third-order valence-corrected chi connectivity index (χ3v) is 2.97. The highest BCUT2D eigenvalue weighted by Crippen LogP contribution is 2.22. The first-order chi connectivity index (χ1) is 8.09. The van der Waals surface area contributed by atoms with Crippen molar-refractivity contribution < 1.29 is 9.18 Å². The van der Waals surface area contributed by atoms with Crippen LogP contribution in [0.4, 0.5) is 4.39 Å². The van der Waals surface area contributed by atoms with Gasteiger partial charge in [-0.25, -0.2) is 9.82 Å². The summed E-state index contributed by atoms with van der Waals surface area (Å²) in [5.74, 6) is -0.364. The van der Waals surface area contributed by atoms with Gasteiger partial charge in [-0.05, 0) is 31.0 Å². The monoisotopic (exact) mass is 234 g/mol. The number of hydrogen-bond acceptors (Lipinski definition) is 2. The second-order valence-corrected chi connectivity index (χ2v) is 4.16. The van der Waals surface area contributed by atoms with E-state index in [1.165, 1.54) is 12.1 Å². The molecule has 3 nitrogen and oxygen atoms in total. The summed E-state index contributed by atoms with van der Waals surface area (Å²) >= 11 is 0. The molecule has 1 amide bonds. The summed E-state index contributed by atoms with van der Waals surface area (Å²) in [5, 5.41) is 1.55. The van der Waals surface area contributed by atoms with Gasteiger partial charge in [0.15, 0.2) is 0 Å². The summed E-state index contributed by atoms with van der Waals surface area (Å²) in [6, 6.07) is 6.03. The molecule has 1 aliphatic rings. The maximum Gasteiger partial charge on any atom is 0.263 e. The molecule has 0 aromatic heterocycles. The number of carbonyl (C=O) groups is 1. The van der Waals surface area contributed by atoms with Crippen molar-refractivity contribution in [3.05, 3.63) is 47.8 Å². The molecular formula is C13H15FN2O. The van der Waals surface area contributed by atoms with Crippen LogP contribution in [0.1, 0.15) is 24.9 Å². The van der Waals surface area contributed by atoms with Crippen LogP contribution in [0.25, 0.3) is 0 Å². The van der Waals surface area contributed by atoms with Crippen LogP contribution in [0.3, 0.4) is 0 Å². The van der Waals surface area contributed by atoms with Crippen LogP contribution in [-0.4, -0.2) is 17.5 Å². The Morgan fingerprint density at radius 1 is 1.41 bits per heavy atom. The zero-order chi connectivity index (χ0) is 12.4. The van der Waals surface area contributed by atoms with E-state index in [0.717, 1.165) is 5.56 Å². The first-order valence-electron chi connectivity index (χ1n) is 5.60. The van der Waals surface area contributed by atoms with Crippen molar-refractivity contribution >= 4 is 5.91 Å². The van der Waals surface area contributed by atoms with Crippen molar-refractivity contribution in [2.45, 2.75) is 19.4 Å². The van der Waals surface area contributed by atoms with Crippen LogP contribution in [0, 0.1) is 5.82 Å². The average molecular weight is 234 g/mol. The molecule has 1 unspecified atom stereocenters. The molecule has 1 atom stereocenters. The standard InChI is InChI=1S/C13H15FN2O/c1-9-7-8-15-16(13(9)17)10(2)11-3-5-12(14)6-4-11/h3-6,10,15H,1,7-8H2,2H3. The minimum absolute atomic E-state index is 0.0897. The molecule has 0 spiro atoms. The van der Waals surface area contributed by atoms with Gasteiger partial charge in [-0.3, -0.25) is 9.80 Å². The number of carbonyl (C=O) groups excluding carboxylic acids is 1. The molecule has 4 heteroatoms. The number of nitrogens with one attached hydrogen (secondary N) is 1. The summed E-state index contributed by atoms with van der Waals surface area (Å²) in [6.07, 6.45) is 0.672. The molecule has 0 saturated carbocycles. The van der Waals surface area contributed by atoms with Crippen molar-refractivity contribution in [3.8, 4) is 0 Å². The molecule has 1 aromatic carbocycles. The summed E-state index contributed by atoms with van der Waals surface area (Å²) in [6.45, 7) is 6.35. The number of hydrogen-bond donors (Lipinski definition) is 1. The first kappa shape index (κ1) is 11.8. The van der Waals surface area contributed by atoms with E-state index in [4.69, 9.17) is 0 Å². The van der Waals surface area contributed by atoms with E-state index in [-0.39, 0.29) is 17.8 Å². The molecule has 1 saturated heterocycles. The highest BCUT2D eigenvalue weighted by atomic mass is 19.1. The lowest BCUT2D eigenvalue weighted by atomic mass is 10.1. The fraction of sp³-hybridized carbons (Fsp3) is 0.308. The minimum atomic E-state index is -0.275. The highest BCUT2D eigenvalue weighted by Gasteiger charge is 2.26. The van der Waals surface area contributed by atoms with E-state index in [1.54, 1.807) is 17.1 Å². The normalized spacial score (nSPS) is 18.4. The Kier molecular flexibility index (Phi) is 3.24. The van der Waals surface area contributed by atoms with Crippen molar-refractivity contribution in [2.24, 2.45) is 0 Å². The molecule has 1 fully saturated rings. The van der Waals surface area contributed by atoms with Crippen LogP contribution in [0.2, 0.25) is 0 Å². The van der Waals surface area contributed by atoms with Crippen LogP contribution in [0.15, 0.2) is 36.4 Å². The Balaban J connectivity index is 2.19. The summed E-state index contributed by atoms with van der Waals surface area (Å²) in [5.41, 5.74) is 4.54. The number of halogens is 1. The molecule has 0 radical (unpaired) electrons. The summed E-state index contributed by atoms with van der Waals surface area (Å²) in [4.78, 5) is 11.9. The van der Waals surface area contributed by atoms with Crippen LogP contribution in [-0.2, 0) is 4.79 Å². The van der Waals surface area contributed by atoms with Gasteiger partial charge in [0.1, 0.15) is 5.82 Å². The average Bonchev–Trinajstić information content (AvgIpc) is 2.33. The van der Waals surface area contributed by atoms with Crippen molar-refractivity contribution in [1.82, 2.24) is 10.4 Å². The maximum absolute atomic E-state index is 12.8. The lowest BCUT2D eigenvalue weighted by Crippen LogP contribution is -2.49. The maximum atomic E-state index is 12.8. The Morgan fingerprint density at radius 2 is 2.06 bits per heavy atom. The third kappa shape index (κ3) is 2.36. The second kappa shape index (κ2) is 4.67. The smallest absolute Gasteiger partial charge is 0.263 e. The lowest BCUT2D eigenvalue weighted by molar-refractivity contribution is -0.134. The van der Waals surface area contributed by atoms with Crippen molar-refractivity contribution in [3.63, 3.8) is 0 Å². The summed E-state index contributed by atoms with van der Waals surface area (Å²) < 4.78 is 12.8. The molecule has 2 rings (SSSR count). The molecule has 1 aromatic rings. The van der Waals surface area contributed by atoms with E-state index in [0.29, 0.717) is 18.5 Å². The molecule has 1 N–H and O–H groups in total. The fourth-order valence-corrected chi connectivity index (χ4v) is 1.88. The SMILES string of the molecule is C=C1CCNN(C(C)c2ccc(F)cc2)C1=O. The van der Waals surface area contributed by atoms with Crippen LogP contribution < -0.4 is 5.43 Å². The Hall–Kier alpha value is -1.68. The number of hydrazine groups is 1. The largest absolute Gasteiger partial charge is 0.268 e. The van der Waals surface area contributed by atoms with Crippen molar-refractivity contribution in [2.75, 3.05) is 6.54 Å². The molecule has 1 heterocycles. The van der Waals surface area contributed by atoms with E-state index in [2.05, 4.69) is 12.0 Å². The van der Waals surface area contributed by atoms with Crippen molar-refractivity contribution in [1.29, 1.82) is 0 Å². The lowest BCUT2D eigenvalue weighted by Gasteiger charge is -2.34. The van der Waals surface area contributed by atoms with E-state index in [9.17, 15) is 9.18 Å². The first-order valence-corrected chi connectivity index (χ1v) is 5.60. The minimum Gasteiger partial charge on any atom is -0.268 e. The number of amides is 1. The molecule has 1 aliphatic heterocycles. The van der Waals surface area contributed by atoms with E-state index in [1.807, 2.05) is 6.92 Å². The van der Waals surface area contributed by atoms with Gasteiger partial charge in [0, 0.05) is 12.1 Å². The predicted molar refractivity (Wildman–Crippen MR) is 63.4 cm³/mol. The number of rotatable bonds is 2. The molecule has 0 bridgehead atoms. The van der Waals surface area contributed by atoms with Gasteiger partial charge in [0.05, 0.1) is 6.04 Å². The Bertz CT molecular complexity index is 441. The molecule has 17 heavy (non-hydrogen) atoms. The molecule has 90 valence electrons. The van der Waals surface area contributed by atoms with Gasteiger partial charge >= 0.3 is 0 Å². The topological polar surface area (TPSA) is 32.3 Å². The van der Waals surface area contributed by atoms with Gasteiger partial charge in [0.25, 0.3) is 5.91 Å². The summed E-state index contributed by atoms with van der Waals surface area (Å²) in [7, 11) is 0. The van der Waals surface area contributed by atoms with E-state index >= 15 is 0 Å². The van der Waals surface area contributed by atoms with Gasteiger partial charge in [-0.2, -0.15) is 0 Å². The predicted octanol–water partition coefficient (Wildman–Crippen LogP) is 2.18. The zero-order valence-corrected chi connectivity index (χ0v) is 9.74.